The lowest BCUT2D eigenvalue weighted by molar-refractivity contribution is -0.145. The lowest BCUT2D eigenvalue weighted by Gasteiger charge is -2.42. The molecule has 4 unspecified atom stereocenters. The molecular weight excluding hydrogens is 218 g/mol. The number of aliphatic hydroxyl groups is 1. The number of hydrogen-bond donors (Lipinski definition) is 2. The molecule has 2 fully saturated rings. The van der Waals surface area contributed by atoms with Gasteiger partial charge in [0.25, 0.3) is 0 Å². The van der Waals surface area contributed by atoms with Gasteiger partial charge in [-0.2, -0.15) is 0 Å². The van der Waals surface area contributed by atoms with Gasteiger partial charge in [-0.25, -0.2) is 0 Å². The fourth-order valence-electron chi connectivity index (χ4n) is 3.48. The quantitative estimate of drug-likeness (QED) is 0.785. The highest BCUT2D eigenvalue weighted by atomic mass is 16.4. The third-order valence-electron chi connectivity index (χ3n) is 4.47. The molecule has 1 saturated heterocycles. The highest BCUT2D eigenvalue weighted by Gasteiger charge is 2.39. The van der Waals surface area contributed by atoms with Gasteiger partial charge in [0.15, 0.2) is 0 Å². The molecule has 2 rings (SSSR count). The summed E-state index contributed by atoms with van der Waals surface area (Å²) in [5.41, 5.74) is 0. The summed E-state index contributed by atoms with van der Waals surface area (Å²) in [6.45, 7) is 2.63. The molecule has 4 atom stereocenters. The molecule has 0 bridgehead atoms. The van der Waals surface area contributed by atoms with Gasteiger partial charge in [0.2, 0.25) is 0 Å². The van der Waals surface area contributed by atoms with E-state index in [0.29, 0.717) is 0 Å². The summed E-state index contributed by atoms with van der Waals surface area (Å²) in [6, 6.07) is -0.152. The summed E-state index contributed by atoms with van der Waals surface area (Å²) in [6.07, 6.45) is 6.08. The van der Waals surface area contributed by atoms with Crippen LogP contribution in [0.4, 0.5) is 0 Å². The summed E-state index contributed by atoms with van der Waals surface area (Å²) in [5.74, 6) is -0.457. The number of aliphatic hydroxyl groups excluding tert-OH is 1. The standard InChI is InChI=1S/C13H23NO3/c1-9(13(16)17)14-8-3-2-6-11(14)10-5-4-7-12(10)15/h9-12,15H,2-8H2,1H3,(H,16,17). The highest BCUT2D eigenvalue weighted by Crippen LogP contribution is 2.35. The van der Waals surface area contributed by atoms with Crippen LogP contribution in [0, 0.1) is 5.92 Å². The van der Waals surface area contributed by atoms with E-state index in [0.717, 1.165) is 45.1 Å². The molecule has 0 amide bonds. The molecule has 1 aliphatic carbocycles. The normalized spacial score (nSPS) is 36.9. The van der Waals surface area contributed by atoms with E-state index in [4.69, 9.17) is 5.11 Å². The van der Waals surface area contributed by atoms with Crippen LogP contribution in [0.2, 0.25) is 0 Å². The van der Waals surface area contributed by atoms with Crippen molar-refractivity contribution in [1.82, 2.24) is 4.90 Å². The van der Waals surface area contributed by atoms with Gasteiger partial charge < -0.3 is 10.2 Å². The van der Waals surface area contributed by atoms with E-state index in [1.807, 2.05) is 0 Å². The zero-order valence-corrected chi connectivity index (χ0v) is 10.5. The molecule has 1 aliphatic heterocycles. The Bertz CT molecular complexity index is 282. The lowest BCUT2D eigenvalue weighted by atomic mass is 9.87. The molecule has 0 aromatic heterocycles. The second-order valence-corrected chi connectivity index (χ2v) is 5.48. The van der Waals surface area contributed by atoms with Crippen LogP contribution in [0.15, 0.2) is 0 Å². The molecule has 0 spiro atoms. The molecule has 98 valence electrons. The van der Waals surface area contributed by atoms with Crippen LogP contribution in [0.5, 0.6) is 0 Å². The molecule has 2 N–H and O–H groups in total. The summed E-state index contributed by atoms with van der Waals surface area (Å²) in [4.78, 5) is 13.2. The third-order valence-corrected chi connectivity index (χ3v) is 4.47. The van der Waals surface area contributed by atoms with Crippen LogP contribution in [0.1, 0.15) is 45.4 Å². The van der Waals surface area contributed by atoms with E-state index in [1.165, 1.54) is 0 Å². The van der Waals surface area contributed by atoms with Crippen molar-refractivity contribution in [1.29, 1.82) is 0 Å². The van der Waals surface area contributed by atoms with Crippen molar-refractivity contribution in [3.8, 4) is 0 Å². The van der Waals surface area contributed by atoms with Gasteiger partial charge in [-0.05, 0) is 39.2 Å². The van der Waals surface area contributed by atoms with Crippen molar-refractivity contribution in [3.05, 3.63) is 0 Å². The van der Waals surface area contributed by atoms with Crippen molar-refractivity contribution in [2.75, 3.05) is 6.54 Å². The SMILES string of the molecule is CC(C(=O)O)N1CCCCC1C1CCCC1O. The minimum atomic E-state index is -0.746. The van der Waals surface area contributed by atoms with Crippen LogP contribution < -0.4 is 0 Å². The molecule has 4 nitrogen and oxygen atoms in total. The number of likely N-dealkylation sites (tertiary alicyclic amines) is 1. The Balaban J connectivity index is 2.08. The average molecular weight is 241 g/mol. The van der Waals surface area contributed by atoms with E-state index in [9.17, 15) is 9.90 Å². The molecule has 0 aromatic rings. The van der Waals surface area contributed by atoms with Gasteiger partial charge in [-0.1, -0.05) is 12.8 Å². The van der Waals surface area contributed by atoms with E-state index in [2.05, 4.69) is 4.90 Å². The second-order valence-electron chi connectivity index (χ2n) is 5.48. The first kappa shape index (κ1) is 12.8. The first-order valence-electron chi connectivity index (χ1n) is 6.78. The largest absolute Gasteiger partial charge is 0.480 e. The highest BCUT2D eigenvalue weighted by molar-refractivity contribution is 5.72. The lowest BCUT2D eigenvalue weighted by Crippen LogP contribution is -2.52. The van der Waals surface area contributed by atoms with Crippen LogP contribution in [0.25, 0.3) is 0 Å². The van der Waals surface area contributed by atoms with E-state index in [1.54, 1.807) is 6.92 Å². The number of hydrogen-bond acceptors (Lipinski definition) is 3. The topological polar surface area (TPSA) is 60.8 Å². The molecular formula is C13H23NO3. The van der Waals surface area contributed by atoms with Gasteiger partial charge >= 0.3 is 5.97 Å². The Labute approximate surface area is 103 Å². The van der Waals surface area contributed by atoms with Crippen molar-refractivity contribution < 1.29 is 15.0 Å². The Morgan fingerprint density at radius 2 is 2.00 bits per heavy atom. The second kappa shape index (κ2) is 5.36. The van der Waals surface area contributed by atoms with Crippen molar-refractivity contribution in [2.24, 2.45) is 5.92 Å². The van der Waals surface area contributed by atoms with Crippen LogP contribution in [-0.2, 0) is 4.79 Å². The van der Waals surface area contributed by atoms with E-state index < -0.39 is 12.0 Å². The number of nitrogens with zero attached hydrogens (tertiary/aromatic N) is 1. The Hall–Kier alpha value is -0.610. The minimum Gasteiger partial charge on any atom is -0.480 e. The van der Waals surface area contributed by atoms with Gasteiger partial charge in [0, 0.05) is 12.0 Å². The van der Waals surface area contributed by atoms with Gasteiger partial charge in [0.05, 0.1) is 6.10 Å². The first-order chi connectivity index (χ1) is 8.11. The summed E-state index contributed by atoms with van der Waals surface area (Å²) in [5, 5.41) is 19.2. The predicted molar refractivity (Wildman–Crippen MR) is 64.8 cm³/mol. The maximum Gasteiger partial charge on any atom is 0.320 e. The Kier molecular flexibility index (Phi) is 4.05. The summed E-state index contributed by atoms with van der Waals surface area (Å²) in [7, 11) is 0. The Morgan fingerprint density at radius 3 is 2.59 bits per heavy atom. The molecule has 2 aliphatic rings. The number of carboxylic acids is 1. The van der Waals surface area contributed by atoms with E-state index >= 15 is 0 Å². The molecule has 1 heterocycles. The molecule has 1 saturated carbocycles. The number of carbonyl (C=O) groups is 1. The summed E-state index contributed by atoms with van der Waals surface area (Å²) >= 11 is 0. The van der Waals surface area contributed by atoms with E-state index in [-0.39, 0.29) is 18.1 Å². The van der Waals surface area contributed by atoms with Gasteiger partial charge in [0.1, 0.15) is 6.04 Å². The van der Waals surface area contributed by atoms with Crippen LogP contribution >= 0.6 is 0 Å². The third kappa shape index (κ3) is 2.63. The average Bonchev–Trinajstić information content (AvgIpc) is 2.74. The predicted octanol–water partition coefficient (Wildman–Crippen LogP) is 1.47. The Morgan fingerprint density at radius 1 is 1.24 bits per heavy atom. The van der Waals surface area contributed by atoms with Crippen LogP contribution in [0.3, 0.4) is 0 Å². The zero-order valence-electron chi connectivity index (χ0n) is 10.5. The molecule has 4 heteroatoms. The first-order valence-corrected chi connectivity index (χ1v) is 6.78. The van der Waals surface area contributed by atoms with Gasteiger partial charge in [-0.3, -0.25) is 9.69 Å². The number of carboxylic acid groups (broad SMARTS) is 1. The maximum absolute atomic E-state index is 11.1. The van der Waals surface area contributed by atoms with Crippen molar-refractivity contribution >= 4 is 5.97 Å². The molecule has 0 radical (unpaired) electrons. The zero-order chi connectivity index (χ0) is 12.4. The maximum atomic E-state index is 11.1. The smallest absolute Gasteiger partial charge is 0.320 e. The minimum absolute atomic E-state index is 0.221. The van der Waals surface area contributed by atoms with Crippen molar-refractivity contribution in [2.45, 2.75) is 63.6 Å². The fourth-order valence-corrected chi connectivity index (χ4v) is 3.48. The number of piperidine rings is 1. The monoisotopic (exact) mass is 241 g/mol. The fraction of sp³-hybridized carbons (Fsp3) is 0.923. The molecule has 0 aromatic carbocycles. The number of aliphatic carboxylic acids is 1. The summed E-state index contributed by atoms with van der Waals surface area (Å²) < 4.78 is 0. The molecule has 17 heavy (non-hydrogen) atoms. The van der Waals surface area contributed by atoms with Crippen molar-refractivity contribution in [3.63, 3.8) is 0 Å². The number of rotatable bonds is 3. The van der Waals surface area contributed by atoms with Crippen LogP contribution in [-0.4, -0.2) is 45.8 Å². The van der Waals surface area contributed by atoms with Gasteiger partial charge in [-0.15, -0.1) is 0 Å².